The standard InChI is InChI=1S/C12H25N3O3S/c1-4-19(17,18)14(3)9-12(16)15-8-6-5-7-11(15)10(2)13/h10-11H,4-9,13H2,1-3H3. The minimum atomic E-state index is -3.32. The number of piperidine rings is 1. The maximum atomic E-state index is 12.3. The van der Waals surface area contributed by atoms with E-state index in [0.717, 1.165) is 23.6 Å². The second-order valence-electron chi connectivity index (χ2n) is 5.17. The number of nitrogens with two attached hydrogens (primary N) is 1. The molecule has 0 aromatic rings. The van der Waals surface area contributed by atoms with E-state index in [1.54, 1.807) is 11.8 Å². The average Bonchev–Trinajstić information content (AvgIpc) is 2.38. The predicted molar refractivity (Wildman–Crippen MR) is 75.1 cm³/mol. The number of carbonyl (C=O) groups excluding carboxylic acids is 1. The molecule has 112 valence electrons. The van der Waals surface area contributed by atoms with E-state index in [0.29, 0.717) is 6.54 Å². The van der Waals surface area contributed by atoms with Crippen LogP contribution >= 0.6 is 0 Å². The van der Waals surface area contributed by atoms with Gasteiger partial charge in [0, 0.05) is 25.7 Å². The summed E-state index contributed by atoms with van der Waals surface area (Å²) in [7, 11) is -1.87. The Morgan fingerprint density at radius 1 is 1.47 bits per heavy atom. The van der Waals surface area contributed by atoms with Crippen LogP contribution in [0.3, 0.4) is 0 Å². The molecule has 0 radical (unpaired) electrons. The number of rotatable bonds is 5. The molecular weight excluding hydrogens is 266 g/mol. The van der Waals surface area contributed by atoms with Crippen LogP contribution in [0.25, 0.3) is 0 Å². The van der Waals surface area contributed by atoms with Crippen molar-refractivity contribution in [2.24, 2.45) is 5.73 Å². The average molecular weight is 291 g/mol. The summed E-state index contributed by atoms with van der Waals surface area (Å²) in [6, 6.07) is -0.0590. The third-order valence-corrected chi connectivity index (χ3v) is 5.48. The summed E-state index contributed by atoms with van der Waals surface area (Å²) in [5.74, 6) is -0.144. The molecule has 0 aromatic heterocycles. The van der Waals surface area contributed by atoms with E-state index in [-0.39, 0.29) is 30.3 Å². The molecule has 1 rings (SSSR count). The molecule has 2 N–H and O–H groups in total. The third-order valence-electron chi connectivity index (χ3n) is 3.67. The maximum absolute atomic E-state index is 12.3. The number of nitrogens with zero attached hydrogens (tertiary/aromatic N) is 2. The van der Waals surface area contributed by atoms with Crippen LogP contribution in [0.5, 0.6) is 0 Å². The Labute approximate surface area is 116 Å². The highest BCUT2D eigenvalue weighted by Gasteiger charge is 2.30. The number of amides is 1. The first-order valence-electron chi connectivity index (χ1n) is 6.78. The van der Waals surface area contributed by atoms with Crippen molar-refractivity contribution in [1.29, 1.82) is 0 Å². The Balaban J connectivity index is 2.71. The summed E-state index contributed by atoms with van der Waals surface area (Å²) >= 11 is 0. The molecule has 19 heavy (non-hydrogen) atoms. The van der Waals surface area contributed by atoms with Crippen LogP contribution in [0, 0.1) is 0 Å². The molecule has 1 heterocycles. The minimum absolute atomic E-state index is 0.00744. The number of hydrogen-bond donors (Lipinski definition) is 1. The van der Waals surface area contributed by atoms with Gasteiger partial charge in [-0.05, 0) is 33.1 Å². The summed E-state index contributed by atoms with van der Waals surface area (Å²) in [6.45, 7) is 4.04. The second-order valence-corrected chi connectivity index (χ2v) is 7.53. The van der Waals surface area contributed by atoms with Crippen molar-refractivity contribution >= 4 is 15.9 Å². The fraction of sp³-hybridized carbons (Fsp3) is 0.917. The molecular formula is C12H25N3O3S. The molecule has 1 aliphatic rings. The molecule has 1 aliphatic heterocycles. The SMILES string of the molecule is CCS(=O)(=O)N(C)CC(=O)N1CCCCC1C(C)N. The van der Waals surface area contributed by atoms with E-state index in [1.165, 1.54) is 7.05 Å². The first kappa shape index (κ1) is 16.4. The highest BCUT2D eigenvalue weighted by atomic mass is 32.2. The van der Waals surface area contributed by atoms with E-state index in [1.807, 2.05) is 6.92 Å². The first-order chi connectivity index (χ1) is 8.79. The van der Waals surface area contributed by atoms with Gasteiger partial charge < -0.3 is 10.6 Å². The Hall–Kier alpha value is -0.660. The van der Waals surface area contributed by atoms with Crippen LogP contribution in [0.2, 0.25) is 0 Å². The van der Waals surface area contributed by atoms with Gasteiger partial charge in [-0.25, -0.2) is 8.42 Å². The molecule has 2 unspecified atom stereocenters. The highest BCUT2D eigenvalue weighted by molar-refractivity contribution is 7.89. The van der Waals surface area contributed by atoms with Crippen molar-refractivity contribution in [2.75, 3.05) is 25.9 Å². The summed E-state index contributed by atoms with van der Waals surface area (Å²) in [4.78, 5) is 14.0. The van der Waals surface area contributed by atoms with E-state index in [4.69, 9.17) is 5.73 Å². The van der Waals surface area contributed by atoms with Gasteiger partial charge in [0.2, 0.25) is 15.9 Å². The zero-order valence-electron chi connectivity index (χ0n) is 12.0. The number of sulfonamides is 1. The molecule has 0 bridgehead atoms. The Morgan fingerprint density at radius 2 is 2.11 bits per heavy atom. The van der Waals surface area contributed by atoms with Gasteiger partial charge in [0.15, 0.2) is 0 Å². The summed E-state index contributed by atoms with van der Waals surface area (Å²) in [5.41, 5.74) is 5.91. The molecule has 1 amide bonds. The first-order valence-corrected chi connectivity index (χ1v) is 8.39. The van der Waals surface area contributed by atoms with Gasteiger partial charge in [0.1, 0.15) is 0 Å². The quantitative estimate of drug-likeness (QED) is 0.772. The molecule has 0 saturated carbocycles. The largest absolute Gasteiger partial charge is 0.337 e. The Kier molecular flexibility index (Phi) is 5.76. The highest BCUT2D eigenvalue weighted by Crippen LogP contribution is 2.19. The van der Waals surface area contributed by atoms with E-state index in [2.05, 4.69) is 0 Å². The molecule has 0 aliphatic carbocycles. The van der Waals surface area contributed by atoms with Crippen LogP contribution in [0.1, 0.15) is 33.1 Å². The van der Waals surface area contributed by atoms with Crippen molar-refractivity contribution < 1.29 is 13.2 Å². The van der Waals surface area contributed by atoms with Crippen LogP contribution in [-0.4, -0.2) is 61.5 Å². The van der Waals surface area contributed by atoms with Crippen LogP contribution < -0.4 is 5.73 Å². The Morgan fingerprint density at radius 3 is 2.63 bits per heavy atom. The minimum Gasteiger partial charge on any atom is -0.337 e. The van der Waals surface area contributed by atoms with Gasteiger partial charge in [0.25, 0.3) is 0 Å². The monoisotopic (exact) mass is 291 g/mol. The fourth-order valence-electron chi connectivity index (χ4n) is 2.41. The molecule has 0 aromatic carbocycles. The van der Waals surface area contributed by atoms with Crippen molar-refractivity contribution in [3.05, 3.63) is 0 Å². The lowest BCUT2D eigenvalue weighted by Crippen LogP contribution is -2.54. The molecule has 7 heteroatoms. The van der Waals surface area contributed by atoms with Crippen LogP contribution in [0.15, 0.2) is 0 Å². The lowest BCUT2D eigenvalue weighted by molar-refractivity contribution is -0.135. The van der Waals surface area contributed by atoms with Crippen LogP contribution in [0.4, 0.5) is 0 Å². The predicted octanol–water partition coefficient (Wildman–Crippen LogP) is -0.00380. The summed E-state index contributed by atoms with van der Waals surface area (Å²) in [5, 5.41) is 0. The van der Waals surface area contributed by atoms with E-state index >= 15 is 0 Å². The van der Waals surface area contributed by atoms with Gasteiger partial charge in [-0.1, -0.05) is 0 Å². The molecule has 6 nitrogen and oxygen atoms in total. The van der Waals surface area contributed by atoms with Crippen molar-refractivity contribution in [1.82, 2.24) is 9.21 Å². The van der Waals surface area contributed by atoms with E-state index in [9.17, 15) is 13.2 Å². The van der Waals surface area contributed by atoms with Crippen molar-refractivity contribution in [3.8, 4) is 0 Å². The zero-order valence-corrected chi connectivity index (χ0v) is 12.8. The van der Waals surface area contributed by atoms with Gasteiger partial charge in [-0.15, -0.1) is 0 Å². The molecule has 1 saturated heterocycles. The number of likely N-dealkylation sites (N-methyl/N-ethyl adjacent to an activating group) is 1. The van der Waals surface area contributed by atoms with Gasteiger partial charge >= 0.3 is 0 Å². The van der Waals surface area contributed by atoms with Gasteiger partial charge in [-0.2, -0.15) is 4.31 Å². The van der Waals surface area contributed by atoms with Crippen molar-refractivity contribution in [2.45, 2.75) is 45.2 Å². The molecule has 2 atom stereocenters. The third kappa shape index (κ3) is 4.15. The number of hydrogen-bond acceptors (Lipinski definition) is 4. The molecule has 0 spiro atoms. The molecule has 1 fully saturated rings. The number of carbonyl (C=O) groups is 1. The second kappa shape index (κ2) is 6.67. The van der Waals surface area contributed by atoms with Crippen LogP contribution in [-0.2, 0) is 14.8 Å². The smallest absolute Gasteiger partial charge is 0.238 e. The summed E-state index contributed by atoms with van der Waals surface area (Å²) < 4.78 is 24.5. The summed E-state index contributed by atoms with van der Waals surface area (Å²) in [6.07, 6.45) is 2.92. The number of likely N-dealkylation sites (tertiary alicyclic amines) is 1. The van der Waals surface area contributed by atoms with E-state index < -0.39 is 10.0 Å². The Bertz CT molecular complexity index is 408. The normalized spacial score (nSPS) is 22.6. The lowest BCUT2D eigenvalue weighted by atomic mass is 9.97. The van der Waals surface area contributed by atoms with Gasteiger partial charge in [-0.3, -0.25) is 4.79 Å². The van der Waals surface area contributed by atoms with Gasteiger partial charge in [0.05, 0.1) is 12.3 Å². The zero-order chi connectivity index (χ0) is 14.6. The lowest BCUT2D eigenvalue weighted by Gasteiger charge is -2.38. The maximum Gasteiger partial charge on any atom is 0.238 e. The topological polar surface area (TPSA) is 83.7 Å². The van der Waals surface area contributed by atoms with Crippen molar-refractivity contribution in [3.63, 3.8) is 0 Å². The fourth-order valence-corrected chi connectivity index (χ4v) is 3.16.